The predicted octanol–water partition coefficient (Wildman–Crippen LogP) is 3.15. The molecule has 24 heavy (non-hydrogen) atoms. The molecule has 0 spiro atoms. The van der Waals surface area contributed by atoms with Gasteiger partial charge in [0.2, 0.25) is 17.6 Å². The monoisotopic (exact) mass is 325 g/mol. The van der Waals surface area contributed by atoms with Gasteiger partial charge in [-0.2, -0.15) is 4.98 Å². The van der Waals surface area contributed by atoms with Crippen molar-refractivity contribution in [2.24, 2.45) is 5.73 Å². The van der Waals surface area contributed by atoms with E-state index in [9.17, 15) is 9.18 Å². The molecule has 3 aromatic rings. The number of aromatic nitrogens is 2. The van der Waals surface area contributed by atoms with Crippen molar-refractivity contribution in [3.05, 3.63) is 71.4 Å². The standard InChI is InChI=1S/C18H16FN3O2/c19-15-10-8-14(9-11-15)18-21-16(24-22-18)3-1-2-12-4-6-13(7-5-12)17(20)23/h4-11H,1-3H2,(H2,20,23). The van der Waals surface area contributed by atoms with Gasteiger partial charge in [-0.1, -0.05) is 17.3 Å². The van der Waals surface area contributed by atoms with Crippen molar-refractivity contribution < 1.29 is 13.7 Å². The molecule has 0 saturated carbocycles. The molecule has 122 valence electrons. The maximum atomic E-state index is 12.9. The SMILES string of the molecule is NC(=O)c1ccc(CCCc2nc(-c3ccc(F)cc3)no2)cc1. The Balaban J connectivity index is 1.55. The molecule has 6 heteroatoms. The van der Waals surface area contributed by atoms with Gasteiger partial charge in [0, 0.05) is 17.5 Å². The summed E-state index contributed by atoms with van der Waals surface area (Å²) in [5, 5.41) is 3.91. The fourth-order valence-electron chi connectivity index (χ4n) is 2.35. The number of benzene rings is 2. The summed E-state index contributed by atoms with van der Waals surface area (Å²) in [5.41, 5.74) is 7.54. The molecule has 0 unspecified atom stereocenters. The first-order valence-corrected chi connectivity index (χ1v) is 7.59. The fraction of sp³-hybridized carbons (Fsp3) is 0.167. The Morgan fingerprint density at radius 2 is 1.75 bits per heavy atom. The second-order valence-corrected chi connectivity index (χ2v) is 5.43. The number of halogens is 1. The predicted molar refractivity (Wildman–Crippen MR) is 86.7 cm³/mol. The summed E-state index contributed by atoms with van der Waals surface area (Å²) in [6.45, 7) is 0. The lowest BCUT2D eigenvalue weighted by Crippen LogP contribution is -2.10. The number of nitrogens with zero attached hydrogens (tertiary/aromatic N) is 2. The van der Waals surface area contributed by atoms with Crippen LogP contribution in [-0.4, -0.2) is 16.0 Å². The summed E-state index contributed by atoms with van der Waals surface area (Å²) < 4.78 is 18.1. The van der Waals surface area contributed by atoms with Gasteiger partial charge >= 0.3 is 0 Å². The first-order chi connectivity index (χ1) is 11.6. The number of rotatable bonds is 6. The third-order valence-electron chi connectivity index (χ3n) is 3.67. The van der Waals surface area contributed by atoms with Gasteiger partial charge in [-0.05, 0) is 54.8 Å². The minimum Gasteiger partial charge on any atom is -0.366 e. The van der Waals surface area contributed by atoms with Crippen LogP contribution in [0, 0.1) is 5.82 Å². The van der Waals surface area contributed by atoms with Crippen molar-refractivity contribution in [2.45, 2.75) is 19.3 Å². The summed E-state index contributed by atoms with van der Waals surface area (Å²) in [6, 6.07) is 13.2. The number of carbonyl (C=O) groups excluding carboxylic acids is 1. The number of carbonyl (C=O) groups is 1. The van der Waals surface area contributed by atoms with Gasteiger partial charge in [-0.25, -0.2) is 4.39 Å². The molecular formula is C18H16FN3O2. The highest BCUT2D eigenvalue weighted by atomic mass is 19.1. The summed E-state index contributed by atoms with van der Waals surface area (Å²) in [5.74, 6) is 0.268. The average molecular weight is 325 g/mol. The molecule has 0 atom stereocenters. The van der Waals surface area contributed by atoms with Crippen LogP contribution in [0.3, 0.4) is 0 Å². The van der Waals surface area contributed by atoms with Crippen molar-refractivity contribution in [3.63, 3.8) is 0 Å². The number of hydrogen-bond acceptors (Lipinski definition) is 4. The minimum absolute atomic E-state index is 0.301. The first kappa shape index (κ1) is 15.9. The van der Waals surface area contributed by atoms with Crippen LogP contribution < -0.4 is 5.73 Å². The molecule has 0 aliphatic carbocycles. The van der Waals surface area contributed by atoms with E-state index in [4.69, 9.17) is 10.3 Å². The van der Waals surface area contributed by atoms with E-state index in [1.54, 1.807) is 24.3 Å². The molecule has 0 fully saturated rings. The topological polar surface area (TPSA) is 82.0 Å². The largest absolute Gasteiger partial charge is 0.366 e. The Morgan fingerprint density at radius 1 is 1.04 bits per heavy atom. The van der Waals surface area contributed by atoms with E-state index < -0.39 is 5.91 Å². The lowest BCUT2D eigenvalue weighted by Gasteiger charge is -2.01. The van der Waals surface area contributed by atoms with E-state index in [2.05, 4.69) is 10.1 Å². The normalized spacial score (nSPS) is 10.7. The molecule has 0 saturated heterocycles. The van der Waals surface area contributed by atoms with Crippen molar-refractivity contribution in [1.82, 2.24) is 10.1 Å². The number of primary amides is 1. The van der Waals surface area contributed by atoms with Crippen LogP contribution in [-0.2, 0) is 12.8 Å². The van der Waals surface area contributed by atoms with Gasteiger partial charge in [-0.15, -0.1) is 0 Å². The van der Waals surface area contributed by atoms with Crippen LogP contribution in [0.1, 0.15) is 28.2 Å². The Hall–Kier alpha value is -3.02. The Morgan fingerprint density at radius 3 is 2.42 bits per heavy atom. The molecule has 3 rings (SSSR count). The second kappa shape index (κ2) is 7.04. The minimum atomic E-state index is -0.430. The summed E-state index contributed by atoms with van der Waals surface area (Å²) >= 11 is 0. The van der Waals surface area contributed by atoms with Gasteiger partial charge in [0.1, 0.15) is 5.82 Å². The van der Waals surface area contributed by atoms with Crippen LogP contribution in [0.15, 0.2) is 53.1 Å². The molecule has 1 amide bonds. The Labute approximate surface area is 138 Å². The van der Waals surface area contributed by atoms with Gasteiger partial charge in [-0.3, -0.25) is 4.79 Å². The van der Waals surface area contributed by atoms with E-state index >= 15 is 0 Å². The molecule has 0 radical (unpaired) electrons. The molecule has 0 aliphatic rings. The second-order valence-electron chi connectivity index (χ2n) is 5.43. The molecule has 1 heterocycles. The molecule has 5 nitrogen and oxygen atoms in total. The van der Waals surface area contributed by atoms with E-state index in [0.29, 0.717) is 29.3 Å². The third kappa shape index (κ3) is 3.84. The molecule has 0 aliphatic heterocycles. The number of nitrogens with two attached hydrogens (primary N) is 1. The zero-order chi connectivity index (χ0) is 16.9. The molecule has 2 N–H and O–H groups in total. The average Bonchev–Trinajstić information content (AvgIpc) is 3.05. The maximum absolute atomic E-state index is 12.9. The van der Waals surface area contributed by atoms with Crippen LogP contribution in [0.5, 0.6) is 0 Å². The molecular weight excluding hydrogens is 309 g/mol. The van der Waals surface area contributed by atoms with Gasteiger partial charge in [0.25, 0.3) is 0 Å². The van der Waals surface area contributed by atoms with Crippen LogP contribution in [0.2, 0.25) is 0 Å². The third-order valence-corrected chi connectivity index (χ3v) is 3.67. The van der Waals surface area contributed by atoms with Crippen LogP contribution in [0.4, 0.5) is 4.39 Å². The summed E-state index contributed by atoms with van der Waals surface area (Å²) in [7, 11) is 0. The highest BCUT2D eigenvalue weighted by Crippen LogP contribution is 2.17. The zero-order valence-electron chi connectivity index (χ0n) is 12.9. The van der Waals surface area contributed by atoms with Crippen molar-refractivity contribution in [3.8, 4) is 11.4 Å². The van der Waals surface area contributed by atoms with Crippen molar-refractivity contribution in [2.75, 3.05) is 0 Å². The Bertz CT molecular complexity index is 826. The van der Waals surface area contributed by atoms with E-state index in [0.717, 1.165) is 18.4 Å². The number of hydrogen-bond donors (Lipinski definition) is 1. The number of aryl methyl sites for hydroxylation is 2. The van der Waals surface area contributed by atoms with E-state index in [-0.39, 0.29) is 5.82 Å². The lowest BCUT2D eigenvalue weighted by molar-refractivity contribution is 0.100. The lowest BCUT2D eigenvalue weighted by atomic mass is 10.1. The van der Waals surface area contributed by atoms with Crippen molar-refractivity contribution in [1.29, 1.82) is 0 Å². The summed E-state index contributed by atoms with van der Waals surface area (Å²) in [4.78, 5) is 15.3. The molecule has 0 bridgehead atoms. The van der Waals surface area contributed by atoms with E-state index in [1.165, 1.54) is 12.1 Å². The molecule has 1 aromatic heterocycles. The maximum Gasteiger partial charge on any atom is 0.248 e. The van der Waals surface area contributed by atoms with Gasteiger partial charge < -0.3 is 10.3 Å². The van der Waals surface area contributed by atoms with Gasteiger partial charge in [0.05, 0.1) is 0 Å². The zero-order valence-corrected chi connectivity index (χ0v) is 12.9. The molecule has 2 aromatic carbocycles. The Kier molecular flexibility index (Phi) is 4.65. The van der Waals surface area contributed by atoms with Gasteiger partial charge in [0.15, 0.2) is 0 Å². The van der Waals surface area contributed by atoms with Crippen LogP contribution >= 0.6 is 0 Å². The smallest absolute Gasteiger partial charge is 0.248 e. The number of amides is 1. The van der Waals surface area contributed by atoms with Crippen molar-refractivity contribution >= 4 is 5.91 Å². The summed E-state index contributed by atoms with van der Waals surface area (Å²) in [6.07, 6.45) is 2.31. The quantitative estimate of drug-likeness (QED) is 0.755. The fourth-order valence-corrected chi connectivity index (χ4v) is 2.35. The first-order valence-electron chi connectivity index (χ1n) is 7.59. The van der Waals surface area contributed by atoms with E-state index in [1.807, 2.05) is 12.1 Å². The highest BCUT2D eigenvalue weighted by Gasteiger charge is 2.09. The highest BCUT2D eigenvalue weighted by molar-refractivity contribution is 5.92. The van der Waals surface area contributed by atoms with Crippen LogP contribution in [0.25, 0.3) is 11.4 Å².